The summed E-state index contributed by atoms with van der Waals surface area (Å²) in [7, 11) is 0. The third-order valence-corrected chi connectivity index (χ3v) is 5.58. The van der Waals surface area contributed by atoms with Gasteiger partial charge < -0.3 is 15.2 Å². The number of hydrogen-bond donors (Lipinski definition) is 1. The van der Waals surface area contributed by atoms with Crippen LogP contribution in [0.2, 0.25) is 0 Å². The summed E-state index contributed by atoms with van der Waals surface area (Å²) in [4.78, 5) is 5.28. The molecule has 3 fully saturated rings. The molecule has 3 atom stereocenters. The summed E-state index contributed by atoms with van der Waals surface area (Å²) in [6, 6.07) is 0.686. The molecular formula is C16H31N3O2. The second-order valence-electron chi connectivity index (χ2n) is 7.13. The number of rotatable bonds is 3. The Morgan fingerprint density at radius 2 is 1.76 bits per heavy atom. The topological polar surface area (TPSA) is 51.0 Å². The minimum absolute atomic E-state index is 0.151. The molecule has 3 heterocycles. The van der Waals surface area contributed by atoms with Gasteiger partial charge in [-0.05, 0) is 33.1 Å². The molecule has 0 aromatic rings. The van der Waals surface area contributed by atoms with Crippen LogP contribution < -0.4 is 5.73 Å². The molecule has 0 spiro atoms. The van der Waals surface area contributed by atoms with Crippen LogP contribution in [0.5, 0.6) is 0 Å². The predicted molar refractivity (Wildman–Crippen MR) is 83.4 cm³/mol. The summed E-state index contributed by atoms with van der Waals surface area (Å²) in [6.45, 7) is 11.4. The molecule has 2 N–H and O–H groups in total. The molecule has 3 aliphatic heterocycles. The number of ether oxygens (including phenoxy) is 2. The van der Waals surface area contributed by atoms with Crippen LogP contribution in [0.4, 0.5) is 0 Å². The van der Waals surface area contributed by atoms with Gasteiger partial charge in [-0.1, -0.05) is 0 Å². The first kappa shape index (κ1) is 15.7. The molecule has 122 valence electrons. The summed E-state index contributed by atoms with van der Waals surface area (Å²) in [5, 5.41) is 0. The molecular weight excluding hydrogens is 266 g/mol. The van der Waals surface area contributed by atoms with E-state index in [-0.39, 0.29) is 5.54 Å². The monoisotopic (exact) mass is 297 g/mol. The van der Waals surface area contributed by atoms with E-state index < -0.39 is 0 Å². The zero-order valence-electron chi connectivity index (χ0n) is 13.6. The molecule has 0 aromatic heterocycles. The number of morpholine rings is 1. The van der Waals surface area contributed by atoms with Crippen molar-refractivity contribution in [3.63, 3.8) is 0 Å². The highest BCUT2D eigenvalue weighted by Crippen LogP contribution is 2.36. The van der Waals surface area contributed by atoms with Crippen LogP contribution in [0.25, 0.3) is 0 Å². The van der Waals surface area contributed by atoms with Gasteiger partial charge in [-0.15, -0.1) is 0 Å². The zero-order valence-corrected chi connectivity index (χ0v) is 13.6. The fourth-order valence-electron chi connectivity index (χ4n) is 4.61. The van der Waals surface area contributed by atoms with Gasteiger partial charge in [0.25, 0.3) is 0 Å². The van der Waals surface area contributed by atoms with Gasteiger partial charge >= 0.3 is 0 Å². The molecule has 5 heteroatoms. The fraction of sp³-hybridized carbons (Fsp3) is 1.00. The Kier molecular flexibility index (Phi) is 4.86. The van der Waals surface area contributed by atoms with Crippen molar-refractivity contribution in [2.24, 2.45) is 5.73 Å². The van der Waals surface area contributed by atoms with Crippen molar-refractivity contribution < 1.29 is 9.47 Å². The van der Waals surface area contributed by atoms with E-state index in [1.807, 2.05) is 0 Å². The van der Waals surface area contributed by atoms with Gasteiger partial charge in [0.2, 0.25) is 0 Å². The zero-order chi connectivity index (χ0) is 14.9. The van der Waals surface area contributed by atoms with E-state index in [0.717, 1.165) is 52.2 Å². The van der Waals surface area contributed by atoms with E-state index in [9.17, 15) is 0 Å². The quantitative estimate of drug-likeness (QED) is 0.830. The molecule has 3 rings (SSSR count). The average molecular weight is 297 g/mol. The van der Waals surface area contributed by atoms with Gasteiger partial charge in [-0.2, -0.15) is 0 Å². The van der Waals surface area contributed by atoms with E-state index in [1.165, 1.54) is 13.0 Å². The molecule has 0 radical (unpaired) electrons. The van der Waals surface area contributed by atoms with E-state index in [4.69, 9.17) is 15.2 Å². The van der Waals surface area contributed by atoms with Gasteiger partial charge in [0.15, 0.2) is 0 Å². The first-order chi connectivity index (χ1) is 10.1. The number of nitrogens with two attached hydrogens (primary N) is 1. The lowest BCUT2D eigenvalue weighted by Gasteiger charge is -2.48. The van der Waals surface area contributed by atoms with Crippen LogP contribution in [0.15, 0.2) is 0 Å². The maximum Gasteiger partial charge on any atom is 0.0594 e. The molecule has 3 saturated heterocycles. The Morgan fingerprint density at radius 1 is 1.10 bits per heavy atom. The summed E-state index contributed by atoms with van der Waals surface area (Å²) in [5.74, 6) is 0. The Labute approximate surface area is 128 Å². The Hall–Kier alpha value is -0.200. The summed E-state index contributed by atoms with van der Waals surface area (Å²) in [5.41, 5.74) is 6.39. The first-order valence-electron chi connectivity index (χ1n) is 8.55. The van der Waals surface area contributed by atoms with Gasteiger partial charge in [-0.3, -0.25) is 9.80 Å². The normalized spacial score (nSPS) is 43.3. The molecule has 5 nitrogen and oxygen atoms in total. The SMILES string of the molecule is CC1CC(CN)(N2CCC(N3CCOCC3)C2)CC(C)O1. The predicted octanol–water partition coefficient (Wildman–Crippen LogP) is 0.678. The Bertz CT molecular complexity index is 336. The maximum atomic E-state index is 6.24. The molecule has 0 saturated carbocycles. The number of nitrogens with zero attached hydrogens (tertiary/aromatic N) is 2. The average Bonchev–Trinajstić information content (AvgIpc) is 2.97. The van der Waals surface area contributed by atoms with Crippen LogP contribution in [0.1, 0.15) is 33.1 Å². The van der Waals surface area contributed by atoms with Crippen molar-refractivity contribution in [3.05, 3.63) is 0 Å². The minimum atomic E-state index is 0.151. The van der Waals surface area contributed by atoms with Crippen molar-refractivity contribution in [2.45, 2.75) is 56.9 Å². The van der Waals surface area contributed by atoms with E-state index in [0.29, 0.717) is 18.2 Å². The lowest BCUT2D eigenvalue weighted by Crippen LogP contribution is -2.59. The minimum Gasteiger partial charge on any atom is -0.379 e. The van der Waals surface area contributed by atoms with Crippen molar-refractivity contribution >= 4 is 0 Å². The largest absolute Gasteiger partial charge is 0.379 e. The summed E-state index contributed by atoms with van der Waals surface area (Å²) < 4.78 is 11.4. The van der Waals surface area contributed by atoms with E-state index in [1.54, 1.807) is 0 Å². The van der Waals surface area contributed by atoms with Crippen LogP contribution in [0, 0.1) is 0 Å². The molecule has 3 unspecified atom stereocenters. The standard InChI is InChI=1S/C16H31N3O2/c1-13-9-16(12-17,10-14(2)21-13)19-4-3-15(11-19)18-5-7-20-8-6-18/h13-15H,3-12,17H2,1-2H3. The highest BCUT2D eigenvalue weighted by Gasteiger charge is 2.45. The summed E-state index contributed by atoms with van der Waals surface area (Å²) in [6.07, 6.45) is 4.05. The lowest BCUT2D eigenvalue weighted by atomic mass is 9.82. The lowest BCUT2D eigenvalue weighted by molar-refractivity contribution is -0.0997. The fourth-order valence-corrected chi connectivity index (χ4v) is 4.61. The molecule has 0 amide bonds. The van der Waals surface area contributed by atoms with Crippen LogP contribution in [-0.4, -0.2) is 79.5 Å². The smallest absolute Gasteiger partial charge is 0.0594 e. The van der Waals surface area contributed by atoms with Crippen LogP contribution in [0.3, 0.4) is 0 Å². The first-order valence-corrected chi connectivity index (χ1v) is 8.55. The van der Waals surface area contributed by atoms with E-state index in [2.05, 4.69) is 23.6 Å². The van der Waals surface area contributed by atoms with Gasteiger partial charge in [-0.25, -0.2) is 0 Å². The van der Waals surface area contributed by atoms with Crippen molar-refractivity contribution in [1.82, 2.24) is 9.80 Å². The van der Waals surface area contributed by atoms with E-state index >= 15 is 0 Å². The molecule has 0 bridgehead atoms. The second-order valence-corrected chi connectivity index (χ2v) is 7.13. The van der Waals surface area contributed by atoms with Crippen molar-refractivity contribution in [3.8, 4) is 0 Å². The maximum absolute atomic E-state index is 6.24. The Morgan fingerprint density at radius 3 is 2.38 bits per heavy atom. The van der Waals surface area contributed by atoms with Crippen molar-refractivity contribution in [2.75, 3.05) is 45.9 Å². The number of hydrogen-bond acceptors (Lipinski definition) is 5. The van der Waals surface area contributed by atoms with Gasteiger partial charge in [0.05, 0.1) is 25.4 Å². The molecule has 3 aliphatic rings. The molecule has 0 aromatic carbocycles. The Balaban J connectivity index is 1.65. The van der Waals surface area contributed by atoms with Gasteiger partial charge in [0, 0.05) is 44.3 Å². The third kappa shape index (κ3) is 3.27. The van der Waals surface area contributed by atoms with Crippen molar-refractivity contribution in [1.29, 1.82) is 0 Å². The highest BCUT2D eigenvalue weighted by atomic mass is 16.5. The highest BCUT2D eigenvalue weighted by molar-refractivity contribution is 5.01. The van der Waals surface area contributed by atoms with Gasteiger partial charge in [0.1, 0.15) is 0 Å². The molecule has 0 aliphatic carbocycles. The van der Waals surface area contributed by atoms with Crippen LogP contribution in [-0.2, 0) is 9.47 Å². The molecule has 21 heavy (non-hydrogen) atoms. The third-order valence-electron chi connectivity index (χ3n) is 5.58. The summed E-state index contributed by atoms with van der Waals surface area (Å²) >= 11 is 0. The number of likely N-dealkylation sites (tertiary alicyclic amines) is 1. The second kappa shape index (κ2) is 6.50. The van der Waals surface area contributed by atoms with Crippen LogP contribution >= 0.6 is 0 Å².